The van der Waals surface area contributed by atoms with Gasteiger partial charge in [-0.25, -0.2) is 0 Å². The summed E-state index contributed by atoms with van der Waals surface area (Å²) < 4.78 is 6.04. The van der Waals surface area contributed by atoms with Gasteiger partial charge >= 0.3 is 0 Å². The number of carbonyl (C=O) groups excluding carboxylic acids is 1. The van der Waals surface area contributed by atoms with Gasteiger partial charge in [0.25, 0.3) is 5.91 Å². The second kappa shape index (κ2) is 7.79. The maximum Gasteiger partial charge on any atom is 0.251 e. The molecular formula is C22H27N3O2. The molecule has 2 aliphatic heterocycles. The first-order valence-electron chi connectivity index (χ1n) is 9.68. The van der Waals surface area contributed by atoms with Crippen molar-refractivity contribution in [2.45, 2.75) is 26.5 Å². The topological polar surface area (TPSA) is 54.5 Å². The number of aryl methyl sites for hydroxylation is 2. The molecule has 3 heterocycles. The second-order valence-electron chi connectivity index (χ2n) is 7.93. The number of benzene rings is 1. The fourth-order valence-corrected chi connectivity index (χ4v) is 4.47. The zero-order valence-corrected chi connectivity index (χ0v) is 16.0. The Balaban J connectivity index is 1.32. The molecule has 1 aromatic heterocycles. The normalized spacial score (nSPS) is 24.7. The van der Waals surface area contributed by atoms with E-state index in [4.69, 9.17) is 4.74 Å². The highest BCUT2D eigenvalue weighted by Gasteiger charge is 2.43. The first-order chi connectivity index (χ1) is 13.1. The van der Waals surface area contributed by atoms with Crippen LogP contribution in [0.15, 0.2) is 42.7 Å². The molecule has 5 heteroatoms. The van der Waals surface area contributed by atoms with Crippen LogP contribution in [-0.4, -0.2) is 48.1 Å². The van der Waals surface area contributed by atoms with E-state index in [1.54, 1.807) is 24.5 Å². The Labute approximate surface area is 160 Å². The highest BCUT2D eigenvalue weighted by Crippen LogP contribution is 2.34. The van der Waals surface area contributed by atoms with Crippen molar-refractivity contribution in [2.24, 2.45) is 11.8 Å². The number of hydrogen-bond acceptors (Lipinski definition) is 4. The Morgan fingerprint density at radius 2 is 1.93 bits per heavy atom. The van der Waals surface area contributed by atoms with Crippen molar-refractivity contribution >= 4 is 5.91 Å². The number of fused-ring (bicyclic) bond motifs is 1. The van der Waals surface area contributed by atoms with E-state index in [-0.39, 0.29) is 5.91 Å². The number of pyridine rings is 1. The molecule has 4 rings (SSSR count). The number of ether oxygens (including phenoxy) is 1. The van der Waals surface area contributed by atoms with Crippen molar-refractivity contribution in [1.82, 2.24) is 15.2 Å². The van der Waals surface area contributed by atoms with Crippen LogP contribution in [0.2, 0.25) is 0 Å². The molecule has 2 fully saturated rings. The molecule has 2 aliphatic rings. The Bertz CT molecular complexity index is 788. The monoisotopic (exact) mass is 365 g/mol. The summed E-state index contributed by atoms with van der Waals surface area (Å²) in [4.78, 5) is 18.7. The first-order valence-corrected chi connectivity index (χ1v) is 9.68. The van der Waals surface area contributed by atoms with Crippen LogP contribution >= 0.6 is 0 Å². The van der Waals surface area contributed by atoms with Crippen LogP contribution in [0, 0.1) is 25.7 Å². The lowest BCUT2D eigenvalue weighted by Gasteiger charge is -2.20. The van der Waals surface area contributed by atoms with Crippen LogP contribution in [-0.2, 0) is 11.3 Å². The Kier molecular flexibility index (Phi) is 5.23. The zero-order valence-electron chi connectivity index (χ0n) is 16.0. The highest BCUT2D eigenvalue weighted by atomic mass is 16.5. The van der Waals surface area contributed by atoms with Crippen LogP contribution in [0.3, 0.4) is 0 Å². The molecule has 1 aromatic carbocycles. The van der Waals surface area contributed by atoms with E-state index >= 15 is 0 Å². The number of nitrogens with one attached hydrogen (secondary N) is 1. The summed E-state index contributed by atoms with van der Waals surface area (Å²) in [7, 11) is 0. The number of amides is 1. The quantitative estimate of drug-likeness (QED) is 0.885. The minimum Gasteiger partial charge on any atom is -0.376 e. The van der Waals surface area contributed by atoms with Gasteiger partial charge in [0, 0.05) is 56.0 Å². The van der Waals surface area contributed by atoms with E-state index in [0.29, 0.717) is 30.0 Å². The average molecular weight is 365 g/mol. The molecule has 1 N–H and O–H groups in total. The minimum atomic E-state index is -0.0362. The Hall–Kier alpha value is -2.24. The van der Waals surface area contributed by atoms with Crippen LogP contribution in [0.1, 0.15) is 27.0 Å². The van der Waals surface area contributed by atoms with Crippen molar-refractivity contribution in [3.05, 3.63) is 65.0 Å². The lowest BCUT2D eigenvalue weighted by molar-refractivity contribution is 0.0903. The smallest absolute Gasteiger partial charge is 0.251 e. The highest BCUT2D eigenvalue weighted by molar-refractivity contribution is 5.93. The second-order valence-corrected chi connectivity index (χ2v) is 7.93. The summed E-state index contributed by atoms with van der Waals surface area (Å²) in [6, 6.07) is 10.2. The predicted octanol–water partition coefficient (Wildman–Crippen LogP) is 2.58. The SMILES string of the molecule is Cc1cc(C)cc(CN2C[C@@H]3[C@H](CNC(=O)c4ccncc4)CO[C@@H]3C2)c1. The molecule has 0 saturated carbocycles. The van der Waals surface area contributed by atoms with E-state index in [9.17, 15) is 4.79 Å². The summed E-state index contributed by atoms with van der Waals surface area (Å²) in [5.41, 5.74) is 4.66. The molecule has 2 aromatic rings. The van der Waals surface area contributed by atoms with Crippen molar-refractivity contribution in [1.29, 1.82) is 0 Å². The van der Waals surface area contributed by atoms with E-state index in [2.05, 4.69) is 47.2 Å². The largest absolute Gasteiger partial charge is 0.376 e. The van der Waals surface area contributed by atoms with Crippen LogP contribution < -0.4 is 5.32 Å². The van der Waals surface area contributed by atoms with Gasteiger partial charge in [0.2, 0.25) is 0 Å². The summed E-state index contributed by atoms with van der Waals surface area (Å²) >= 11 is 0. The lowest BCUT2D eigenvalue weighted by Crippen LogP contribution is -2.34. The summed E-state index contributed by atoms with van der Waals surface area (Å²) in [6.07, 6.45) is 3.58. The van der Waals surface area contributed by atoms with Gasteiger partial charge in [-0.3, -0.25) is 14.7 Å². The fraction of sp³-hybridized carbons (Fsp3) is 0.455. The molecular weight excluding hydrogens is 338 g/mol. The summed E-state index contributed by atoms with van der Waals surface area (Å²) in [5.74, 6) is 0.838. The zero-order chi connectivity index (χ0) is 18.8. The molecule has 0 unspecified atom stereocenters. The predicted molar refractivity (Wildman–Crippen MR) is 104 cm³/mol. The molecule has 0 spiro atoms. The maximum absolute atomic E-state index is 12.3. The molecule has 0 radical (unpaired) electrons. The Morgan fingerprint density at radius 3 is 2.67 bits per heavy atom. The van der Waals surface area contributed by atoms with Gasteiger partial charge in [-0.1, -0.05) is 29.3 Å². The van der Waals surface area contributed by atoms with Crippen molar-refractivity contribution in [3.63, 3.8) is 0 Å². The molecule has 1 amide bonds. The number of nitrogens with zero attached hydrogens (tertiary/aromatic N) is 2. The number of aromatic nitrogens is 1. The third-order valence-electron chi connectivity index (χ3n) is 5.67. The Morgan fingerprint density at radius 1 is 1.19 bits per heavy atom. The standard InChI is InChI=1S/C22H27N3O2/c1-15-7-16(2)9-17(8-15)11-25-12-20-19(14-27-21(20)13-25)10-24-22(26)18-3-5-23-6-4-18/h3-9,19-21H,10-14H2,1-2H3,(H,24,26)/t19-,20-,21-/m1/s1. The third-order valence-corrected chi connectivity index (χ3v) is 5.67. The molecule has 27 heavy (non-hydrogen) atoms. The van der Waals surface area contributed by atoms with Crippen molar-refractivity contribution < 1.29 is 9.53 Å². The number of likely N-dealkylation sites (tertiary alicyclic amines) is 1. The molecule has 3 atom stereocenters. The van der Waals surface area contributed by atoms with E-state index in [0.717, 1.165) is 26.2 Å². The number of hydrogen-bond donors (Lipinski definition) is 1. The van der Waals surface area contributed by atoms with Gasteiger partial charge in [0.1, 0.15) is 0 Å². The summed E-state index contributed by atoms with van der Waals surface area (Å²) in [5, 5.41) is 3.07. The average Bonchev–Trinajstić information content (AvgIpc) is 3.20. The van der Waals surface area contributed by atoms with E-state index in [1.165, 1.54) is 16.7 Å². The fourth-order valence-electron chi connectivity index (χ4n) is 4.47. The van der Waals surface area contributed by atoms with Gasteiger partial charge in [-0.2, -0.15) is 0 Å². The van der Waals surface area contributed by atoms with Crippen LogP contribution in [0.4, 0.5) is 0 Å². The van der Waals surface area contributed by atoms with E-state index in [1.807, 2.05) is 0 Å². The molecule has 142 valence electrons. The first kappa shape index (κ1) is 18.1. The molecule has 2 saturated heterocycles. The van der Waals surface area contributed by atoms with Crippen LogP contribution in [0.25, 0.3) is 0 Å². The minimum absolute atomic E-state index is 0.0362. The molecule has 0 aliphatic carbocycles. The number of rotatable bonds is 5. The third kappa shape index (κ3) is 4.20. The van der Waals surface area contributed by atoms with Crippen LogP contribution in [0.5, 0.6) is 0 Å². The van der Waals surface area contributed by atoms with Gasteiger partial charge < -0.3 is 10.1 Å². The molecule has 0 bridgehead atoms. The van der Waals surface area contributed by atoms with Crippen molar-refractivity contribution in [3.8, 4) is 0 Å². The van der Waals surface area contributed by atoms with Gasteiger partial charge in [0.05, 0.1) is 12.7 Å². The summed E-state index contributed by atoms with van der Waals surface area (Å²) in [6.45, 7) is 8.69. The van der Waals surface area contributed by atoms with Gasteiger partial charge in [-0.15, -0.1) is 0 Å². The van der Waals surface area contributed by atoms with Gasteiger partial charge in [-0.05, 0) is 31.5 Å². The van der Waals surface area contributed by atoms with Gasteiger partial charge in [0.15, 0.2) is 0 Å². The molecule has 5 nitrogen and oxygen atoms in total. The lowest BCUT2D eigenvalue weighted by atomic mass is 9.93. The number of carbonyl (C=O) groups is 1. The van der Waals surface area contributed by atoms with E-state index < -0.39 is 0 Å². The van der Waals surface area contributed by atoms with Crippen molar-refractivity contribution in [2.75, 3.05) is 26.2 Å². The maximum atomic E-state index is 12.3.